The minimum absolute atomic E-state index is 0.140. The first kappa shape index (κ1) is 14.3. The first-order chi connectivity index (χ1) is 8.41. The van der Waals surface area contributed by atoms with Crippen LogP contribution in [0.1, 0.15) is 19.4 Å². The molecule has 1 unspecified atom stereocenters. The van der Waals surface area contributed by atoms with Crippen LogP contribution < -0.4 is 4.90 Å². The summed E-state index contributed by atoms with van der Waals surface area (Å²) < 4.78 is 7.05. The van der Waals surface area contributed by atoms with Crippen molar-refractivity contribution in [2.75, 3.05) is 23.3 Å². The third-order valence-electron chi connectivity index (χ3n) is 3.01. The van der Waals surface area contributed by atoms with Gasteiger partial charge in [-0.3, -0.25) is 0 Å². The van der Waals surface area contributed by atoms with Gasteiger partial charge in [-0.25, -0.2) is 4.98 Å². The van der Waals surface area contributed by atoms with Gasteiger partial charge in [-0.05, 0) is 48.3 Å². The second-order valence-electron chi connectivity index (χ2n) is 5.33. The Kier molecular flexibility index (Phi) is 4.34. The van der Waals surface area contributed by atoms with Gasteiger partial charge >= 0.3 is 0 Å². The smallest absolute Gasteiger partial charge is 0.129 e. The Balaban J connectivity index is 2.23. The summed E-state index contributed by atoms with van der Waals surface area (Å²) >= 11 is 7.00. The molecule has 18 heavy (non-hydrogen) atoms. The van der Waals surface area contributed by atoms with Crippen molar-refractivity contribution in [1.29, 1.82) is 0 Å². The van der Waals surface area contributed by atoms with Crippen molar-refractivity contribution in [2.24, 2.45) is 0 Å². The van der Waals surface area contributed by atoms with E-state index in [1.807, 2.05) is 6.20 Å². The van der Waals surface area contributed by atoms with Gasteiger partial charge in [-0.2, -0.15) is 0 Å². The molecule has 5 heteroatoms. The molecule has 0 spiro atoms. The molecule has 0 aliphatic carbocycles. The molecule has 1 aromatic heterocycles. The third-order valence-corrected chi connectivity index (χ3v) is 4.56. The summed E-state index contributed by atoms with van der Waals surface area (Å²) in [4.78, 5) is 6.81. The number of anilines is 1. The summed E-state index contributed by atoms with van der Waals surface area (Å²) in [6, 6.07) is 2.12. The van der Waals surface area contributed by atoms with Crippen molar-refractivity contribution in [3.05, 3.63) is 22.3 Å². The normalized spacial score (nSPS) is 23.2. The zero-order valence-corrected chi connectivity index (χ0v) is 14.1. The number of ether oxygens (including phenoxy) is 1. The number of nitrogens with zero attached hydrogens (tertiary/aromatic N) is 2. The number of hydrogen-bond acceptors (Lipinski definition) is 3. The number of rotatable bonds is 2. The van der Waals surface area contributed by atoms with Crippen LogP contribution in [-0.2, 0) is 4.74 Å². The fourth-order valence-corrected chi connectivity index (χ4v) is 2.80. The summed E-state index contributed by atoms with van der Waals surface area (Å²) in [6.45, 7) is 8.08. The number of alkyl halides is 1. The molecule has 1 aliphatic heterocycles. The minimum atomic E-state index is -0.140. The lowest BCUT2D eigenvalue weighted by molar-refractivity contribution is -0.0726. The average Bonchev–Trinajstić information content (AvgIpc) is 2.30. The van der Waals surface area contributed by atoms with Gasteiger partial charge in [0.15, 0.2) is 0 Å². The maximum Gasteiger partial charge on any atom is 0.129 e. The molecular weight excluding hydrogens is 360 g/mol. The van der Waals surface area contributed by atoms with E-state index in [1.165, 1.54) is 5.56 Å². The summed E-state index contributed by atoms with van der Waals surface area (Å²) in [5.41, 5.74) is 1.07. The van der Waals surface area contributed by atoms with Crippen LogP contribution in [0, 0.1) is 6.92 Å². The summed E-state index contributed by atoms with van der Waals surface area (Å²) in [5, 5.41) is 0.850. The fourth-order valence-electron chi connectivity index (χ4n) is 2.25. The van der Waals surface area contributed by atoms with Gasteiger partial charge < -0.3 is 9.64 Å². The van der Waals surface area contributed by atoms with E-state index in [-0.39, 0.29) is 11.7 Å². The van der Waals surface area contributed by atoms with Crippen molar-refractivity contribution in [3.8, 4) is 0 Å². The Morgan fingerprint density at radius 3 is 2.89 bits per heavy atom. The van der Waals surface area contributed by atoms with E-state index in [0.717, 1.165) is 28.7 Å². The van der Waals surface area contributed by atoms with E-state index in [4.69, 9.17) is 4.74 Å². The number of halogens is 2. The predicted molar refractivity (Wildman–Crippen MR) is 81.6 cm³/mol. The molecule has 0 aromatic carbocycles. The SMILES string of the molecule is Cc1cc(N2CC(CBr)OC(C)(C)C2)ncc1Br. The van der Waals surface area contributed by atoms with Gasteiger partial charge in [0, 0.05) is 29.1 Å². The molecule has 0 radical (unpaired) electrons. The molecule has 100 valence electrons. The number of hydrogen-bond donors (Lipinski definition) is 0. The monoisotopic (exact) mass is 376 g/mol. The molecule has 1 aliphatic rings. The highest BCUT2D eigenvalue weighted by Gasteiger charge is 2.33. The van der Waals surface area contributed by atoms with Crippen LogP contribution in [0.5, 0.6) is 0 Å². The highest BCUT2D eigenvalue weighted by molar-refractivity contribution is 9.10. The number of pyridine rings is 1. The first-order valence-electron chi connectivity index (χ1n) is 6.02. The largest absolute Gasteiger partial charge is 0.368 e. The molecule has 3 nitrogen and oxygen atoms in total. The minimum Gasteiger partial charge on any atom is -0.368 e. The maximum atomic E-state index is 6.00. The van der Waals surface area contributed by atoms with Crippen LogP contribution >= 0.6 is 31.9 Å². The first-order valence-corrected chi connectivity index (χ1v) is 7.93. The molecular formula is C13H18Br2N2O. The van der Waals surface area contributed by atoms with Crippen LogP contribution in [0.3, 0.4) is 0 Å². The lowest BCUT2D eigenvalue weighted by Crippen LogP contribution is -2.53. The highest BCUT2D eigenvalue weighted by atomic mass is 79.9. The molecule has 0 saturated carbocycles. The quantitative estimate of drug-likeness (QED) is 0.737. The van der Waals surface area contributed by atoms with Gasteiger partial charge in [0.1, 0.15) is 5.82 Å². The van der Waals surface area contributed by atoms with Crippen LogP contribution in [0.15, 0.2) is 16.7 Å². The van der Waals surface area contributed by atoms with Crippen molar-refractivity contribution < 1.29 is 4.74 Å². The molecule has 1 fully saturated rings. The van der Waals surface area contributed by atoms with Crippen LogP contribution in [0.4, 0.5) is 5.82 Å². The van der Waals surface area contributed by atoms with Crippen molar-refractivity contribution >= 4 is 37.7 Å². The van der Waals surface area contributed by atoms with E-state index in [0.29, 0.717) is 0 Å². The van der Waals surface area contributed by atoms with Crippen molar-refractivity contribution in [3.63, 3.8) is 0 Å². The standard InChI is InChI=1S/C13H18Br2N2O/c1-9-4-12(16-6-11(9)15)17-7-10(5-14)18-13(2,3)8-17/h4,6,10H,5,7-8H2,1-3H3. The number of morpholine rings is 1. The van der Waals surface area contributed by atoms with Gasteiger partial charge in [0.2, 0.25) is 0 Å². The van der Waals surface area contributed by atoms with Crippen LogP contribution in [-0.4, -0.2) is 35.1 Å². The fraction of sp³-hybridized carbons (Fsp3) is 0.615. The Morgan fingerprint density at radius 2 is 2.28 bits per heavy atom. The van der Waals surface area contributed by atoms with E-state index in [2.05, 4.69) is 68.6 Å². The van der Waals surface area contributed by atoms with Gasteiger partial charge in [-0.1, -0.05) is 15.9 Å². The molecule has 0 amide bonds. The molecule has 0 bridgehead atoms. The van der Waals surface area contributed by atoms with Gasteiger partial charge in [0.25, 0.3) is 0 Å². The molecule has 1 aromatic rings. The summed E-state index contributed by atoms with van der Waals surface area (Å²) in [6.07, 6.45) is 2.08. The second kappa shape index (κ2) is 5.47. The average molecular weight is 378 g/mol. The molecule has 1 saturated heterocycles. The lowest BCUT2D eigenvalue weighted by atomic mass is 10.1. The van der Waals surface area contributed by atoms with E-state index in [1.54, 1.807) is 0 Å². The molecule has 1 atom stereocenters. The molecule has 2 rings (SSSR count). The Hall–Kier alpha value is -0.130. The molecule has 2 heterocycles. The topological polar surface area (TPSA) is 25.4 Å². The third kappa shape index (κ3) is 3.25. The van der Waals surface area contributed by atoms with E-state index in [9.17, 15) is 0 Å². The zero-order chi connectivity index (χ0) is 13.3. The molecule has 0 N–H and O–H groups in total. The Labute approximate surface area is 125 Å². The van der Waals surface area contributed by atoms with Gasteiger partial charge in [0.05, 0.1) is 11.7 Å². The number of aryl methyl sites for hydroxylation is 1. The zero-order valence-electron chi connectivity index (χ0n) is 10.9. The second-order valence-corrected chi connectivity index (χ2v) is 6.83. The lowest BCUT2D eigenvalue weighted by Gasteiger charge is -2.43. The van der Waals surface area contributed by atoms with Crippen LogP contribution in [0.2, 0.25) is 0 Å². The van der Waals surface area contributed by atoms with E-state index >= 15 is 0 Å². The van der Waals surface area contributed by atoms with E-state index < -0.39 is 0 Å². The Morgan fingerprint density at radius 1 is 1.56 bits per heavy atom. The van der Waals surface area contributed by atoms with Crippen molar-refractivity contribution in [1.82, 2.24) is 4.98 Å². The van der Waals surface area contributed by atoms with Gasteiger partial charge in [-0.15, -0.1) is 0 Å². The highest BCUT2D eigenvalue weighted by Crippen LogP contribution is 2.27. The maximum absolute atomic E-state index is 6.00. The number of aromatic nitrogens is 1. The summed E-state index contributed by atoms with van der Waals surface area (Å²) in [7, 11) is 0. The predicted octanol–water partition coefficient (Wildman–Crippen LogP) is 3.53. The van der Waals surface area contributed by atoms with Crippen LogP contribution in [0.25, 0.3) is 0 Å². The summed E-state index contributed by atoms with van der Waals surface area (Å²) in [5.74, 6) is 1.03. The van der Waals surface area contributed by atoms with Crippen molar-refractivity contribution in [2.45, 2.75) is 32.5 Å². The Bertz CT molecular complexity index is 437.